The zero-order valence-corrected chi connectivity index (χ0v) is 17.3. The van der Waals surface area contributed by atoms with E-state index in [-0.39, 0.29) is 5.91 Å². The molecule has 0 unspecified atom stereocenters. The highest BCUT2D eigenvalue weighted by atomic mass is 32.2. The van der Waals surface area contributed by atoms with E-state index in [1.807, 2.05) is 32.2 Å². The van der Waals surface area contributed by atoms with Crippen LogP contribution in [0.5, 0.6) is 0 Å². The number of thiazole rings is 1. The Bertz CT molecular complexity index is 972. The van der Waals surface area contributed by atoms with Gasteiger partial charge in [-0.3, -0.25) is 4.79 Å². The third-order valence-corrected chi connectivity index (χ3v) is 7.39. The number of hydrogen-bond donors (Lipinski definition) is 0. The molecular formula is C19H23N3O3S2. The van der Waals surface area contributed by atoms with Crippen molar-refractivity contribution in [1.29, 1.82) is 0 Å². The number of aryl methyl sites for hydroxylation is 3. The van der Waals surface area contributed by atoms with E-state index < -0.39 is 10.0 Å². The minimum Gasteiger partial charge on any atom is -0.337 e. The lowest BCUT2D eigenvalue weighted by Crippen LogP contribution is -2.50. The van der Waals surface area contributed by atoms with Gasteiger partial charge in [-0.25, -0.2) is 13.4 Å². The molecule has 2 aromatic rings. The molecule has 1 aliphatic heterocycles. The second-order valence-corrected chi connectivity index (χ2v) is 9.60. The van der Waals surface area contributed by atoms with Crippen molar-refractivity contribution in [2.45, 2.75) is 25.7 Å². The molecule has 0 atom stereocenters. The smallest absolute Gasteiger partial charge is 0.246 e. The van der Waals surface area contributed by atoms with Crippen molar-refractivity contribution in [1.82, 2.24) is 14.2 Å². The van der Waals surface area contributed by atoms with E-state index >= 15 is 0 Å². The quantitative estimate of drug-likeness (QED) is 0.733. The van der Waals surface area contributed by atoms with Gasteiger partial charge in [0.2, 0.25) is 15.9 Å². The minimum absolute atomic E-state index is 0.121. The molecule has 1 saturated heterocycles. The van der Waals surface area contributed by atoms with Crippen LogP contribution in [0.25, 0.3) is 6.08 Å². The van der Waals surface area contributed by atoms with Crippen LogP contribution in [0.4, 0.5) is 0 Å². The molecule has 27 heavy (non-hydrogen) atoms. The first-order valence-corrected chi connectivity index (χ1v) is 11.1. The number of sulfonamides is 1. The Labute approximate surface area is 164 Å². The van der Waals surface area contributed by atoms with Crippen molar-refractivity contribution in [2.75, 3.05) is 26.2 Å². The molecule has 1 aliphatic rings. The van der Waals surface area contributed by atoms with Gasteiger partial charge in [0.1, 0.15) is 0 Å². The summed E-state index contributed by atoms with van der Waals surface area (Å²) in [4.78, 5) is 18.6. The van der Waals surface area contributed by atoms with E-state index in [0.717, 1.165) is 21.8 Å². The van der Waals surface area contributed by atoms with Crippen LogP contribution in [0.1, 0.15) is 21.8 Å². The van der Waals surface area contributed by atoms with Gasteiger partial charge in [0.25, 0.3) is 0 Å². The molecule has 0 saturated carbocycles. The van der Waals surface area contributed by atoms with Gasteiger partial charge < -0.3 is 4.90 Å². The largest absolute Gasteiger partial charge is 0.337 e. The van der Waals surface area contributed by atoms with Gasteiger partial charge in [0.15, 0.2) is 0 Å². The Kier molecular flexibility index (Phi) is 5.78. The van der Waals surface area contributed by atoms with E-state index in [9.17, 15) is 13.2 Å². The third-order valence-electron chi connectivity index (χ3n) is 4.70. The van der Waals surface area contributed by atoms with Gasteiger partial charge in [-0.05, 0) is 50.1 Å². The molecule has 1 aromatic heterocycles. The molecule has 3 rings (SSSR count). The fourth-order valence-corrected chi connectivity index (χ4v) is 4.98. The summed E-state index contributed by atoms with van der Waals surface area (Å²) < 4.78 is 27.1. The van der Waals surface area contributed by atoms with E-state index in [1.165, 1.54) is 21.7 Å². The number of nitrogens with zero attached hydrogens (tertiary/aromatic N) is 3. The van der Waals surface area contributed by atoms with Gasteiger partial charge in [-0.2, -0.15) is 4.31 Å². The van der Waals surface area contributed by atoms with Gasteiger partial charge >= 0.3 is 0 Å². The highest BCUT2D eigenvalue weighted by Crippen LogP contribution is 2.20. The molecular weight excluding hydrogens is 382 g/mol. The van der Waals surface area contributed by atoms with Crippen LogP contribution in [0.2, 0.25) is 0 Å². The number of carbonyl (C=O) groups is 1. The summed E-state index contributed by atoms with van der Waals surface area (Å²) in [5.41, 5.74) is 2.78. The van der Waals surface area contributed by atoms with Crippen molar-refractivity contribution < 1.29 is 13.2 Å². The number of piperazine rings is 1. The first-order valence-electron chi connectivity index (χ1n) is 8.74. The lowest BCUT2D eigenvalue weighted by atomic mass is 10.1. The zero-order chi connectivity index (χ0) is 19.6. The van der Waals surface area contributed by atoms with Crippen LogP contribution in [0.15, 0.2) is 34.6 Å². The third kappa shape index (κ3) is 4.45. The van der Waals surface area contributed by atoms with Crippen LogP contribution in [-0.2, 0) is 14.8 Å². The minimum atomic E-state index is -3.53. The standard InChI is InChI=1S/C19H23N3O3S2/c1-14-4-6-18(12-15(14)2)27(24,25)22-10-8-21(9-11-22)19(23)7-5-17-13-26-16(3)20-17/h4-7,12-13H,8-11H2,1-3H3/b7-5+. The Balaban J connectivity index is 1.63. The molecule has 1 fully saturated rings. The summed E-state index contributed by atoms with van der Waals surface area (Å²) in [7, 11) is -3.53. The van der Waals surface area contributed by atoms with Crippen molar-refractivity contribution in [3.05, 3.63) is 51.5 Å². The molecule has 2 heterocycles. The average molecular weight is 406 g/mol. The lowest BCUT2D eigenvalue weighted by molar-refractivity contribution is -0.127. The van der Waals surface area contributed by atoms with Crippen molar-refractivity contribution in [2.24, 2.45) is 0 Å². The average Bonchev–Trinajstić information content (AvgIpc) is 3.07. The molecule has 1 amide bonds. The maximum atomic E-state index is 12.8. The molecule has 0 radical (unpaired) electrons. The lowest BCUT2D eigenvalue weighted by Gasteiger charge is -2.33. The molecule has 1 aromatic carbocycles. The van der Waals surface area contributed by atoms with E-state index in [2.05, 4.69) is 4.98 Å². The van der Waals surface area contributed by atoms with Crippen LogP contribution in [-0.4, -0.2) is 54.7 Å². The predicted octanol–water partition coefficient (Wildman–Crippen LogP) is 2.61. The highest BCUT2D eigenvalue weighted by Gasteiger charge is 2.29. The zero-order valence-electron chi connectivity index (χ0n) is 15.7. The maximum Gasteiger partial charge on any atom is 0.246 e. The summed E-state index contributed by atoms with van der Waals surface area (Å²) in [6.45, 7) is 7.12. The van der Waals surface area contributed by atoms with Crippen LogP contribution < -0.4 is 0 Å². The fourth-order valence-electron chi connectivity index (χ4n) is 2.89. The Morgan fingerprint density at radius 1 is 1.11 bits per heavy atom. The monoisotopic (exact) mass is 405 g/mol. The summed E-state index contributed by atoms with van der Waals surface area (Å²) in [6, 6.07) is 5.18. The molecule has 0 N–H and O–H groups in total. The summed E-state index contributed by atoms with van der Waals surface area (Å²) >= 11 is 1.53. The summed E-state index contributed by atoms with van der Waals surface area (Å²) in [5.74, 6) is -0.121. The molecule has 144 valence electrons. The first-order chi connectivity index (χ1) is 12.8. The van der Waals surface area contributed by atoms with E-state index in [1.54, 1.807) is 23.1 Å². The predicted molar refractivity (Wildman–Crippen MR) is 107 cm³/mol. The summed E-state index contributed by atoms with van der Waals surface area (Å²) in [6.07, 6.45) is 3.20. The Hall–Kier alpha value is -2.03. The number of amides is 1. The number of rotatable bonds is 4. The second kappa shape index (κ2) is 7.92. The normalized spacial score (nSPS) is 16.2. The number of hydrogen-bond acceptors (Lipinski definition) is 5. The maximum absolute atomic E-state index is 12.8. The highest BCUT2D eigenvalue weighted by molar-refractivity contribution is 7.89. The summed E-state index contributed by atoms with van der Waals surface area (Å²) in [5, 5.41) is 2.85. The second-order valence-electron chi connectivity index (χ2n) is 6.60. The topological polar surface area (TPSA) is 70.6 Å². The SMILES string of the molecule is Cc1nc(/C=C/C(=O)N2CCN(S(=O)(=O)c3ccc(C)c(C)c3)CC2)cs1. The van der Waals surface area contributed by atoms with Crippen molar-refractivity contribution >= 4 is 33.3 Å². The molecule has 0 aliphatic carbocycles. The molecule has 0 spiro atoms. The van der Waals surface area contributed by atoms with Crippen molar-refractivity contribution in [3.8, 4) is 0 Å². The van der Waals surface area contributed by atoms with Crippen molar-refractivity contribution in [3.63, 3.8) is 0 Å². The molecule has 0 bridgehead atoms. The Morgan fingerprint density at radius 3 is 2.41 bits per heavy atom. The van der Waals surface area contributed by atoms with E-state index in [4.69, 9.17) is 0 Å². The van der Waals surface area contributed by atoms with Gasteiger partial charge in [-0.1, -0.05) is 6.07 Å². The molecule has 6 nitrogen and oxygen atoms in total. The van der Waals surface area contributed by atoms with Gasteiger partial charge in [-0.15, -0.1) is 11.3 Å². The van der Waals surface area contributed by atoms with Crippen LogP contribution in [0, 0.1) is 20.8 Å². The van der Waals surface area contributed by atoms with Crippen LogP contribution >= 0.6 is 11.3 Å². The number of carbonyl (C=O) groups excluding carboxylic acids is 1. The number of aromatic nitrogens is 1. The van der Waals surface area contributed by atoms with E-state index in [0.29, 0.717) is 31.1 Å². The van der Waals surface area contributed by atoms with Gasteiger partial charge in [0.05, 0.1) is 15.6 Å². The fraction of sp³-hybridized carbons (Fsp3) is 0.368. The van der Waals surface area contributed by atoms with Crippen LogP contribution in [0.3, 0.4) is 0 Å². The number of benzene rings is 1. The molecule has 8 heteroatoms. The van der Waals surface area contributed by atoms with Gasteiger partial charge in [0, 0.05) is 37.6 Å². The Morgan fingerprint density at radius 2 is 1.81 bits per heavy atom. The first kappa shape index (κ1) is 19.7.